The SMILES string of the molecule is NCCOCc1ccc(CO)cc1. The van der Waals surface area contributed by atoms with Gasteiger partial charge in [0, 0.05) is 6.54 Å². The summed E-state index contributed by atoms with van der Waals surface area (Å²) in [6, 6.07) is 7.67. The van der Waals surface area contributed by atoms with Gasteiger partial charge in [-0.15, -0.1) is 0 Å². The van der Waals surface area contributed by atoms with Crippen LogP contribution in [0.3, 0.4) is 0 Å². The molecule has 0 aliphatic carbocycles. The highest BCUT2D eigenvalue weighted by atomic mass is 16.5. The summed E-state index contributed by atoms with van der Waals surface area (Å²) < 4.78 is 5.25. The van der Waals surface area contributed by atoms with Crippen molar-refractivity contribution in [1.29, 1.82) is 0 Å². The van der Waals surface area contributed by atoms with Crippen molar-refractivity contribution in [3.05, 3.63) is 35.4 Å². The molecule has 0 atom stereocenters. The van der Waals surface area contributed by atoms with Crippen LogP contribution in [-0.2, 0) is 18.0 Å². The first-order valence-corrected chi connectivity index (χ1v) is 4.33. The predicted octanol–water partition coefficient (Wildman–Crippen LogP) is 0.654. The summed E-state index contributed by atoms with van der Waals surface area (Å²) in [5.41, 5.74) is 7.30. The van der Waals surface area contributed by atoms with Gasteiger partial charge in [0.05, 0.1) is 19.8 Å². The van der Waals surface area contributed by atoms with E-state index in [1.54, 1.807) is 0 Å². The Kier molecular flexibility index (Phi) is 4.46. The van der Waals surface area contributed by atoms with E-state index in [1.807, 2.05) is 24.3 Å². The first-order chi connectivity index (χ1) is 6.36. The molecule has 13 heavy (non-hydrogen) atoms. The van der Waals surface area contributed by atoms with Crippen molar-refractivity contribution in [1.82, 2.24) is 0 Å². The standard InChI is InChI=1S/C10H15NO2/c11-5-6-13-8-10-3-1-9(7-12)2-4-10/h1-4,12H,5-8,11H2. The summed E-state index contributed by atoms with van der Waals surface area (Å²) in [6.45, 7) is 1.81. The molecule has 0 radical (unpaired) electrons. The lowest BCUT2D eigenvalue weighted by Crippen LogP contribution is -2.08. The molecule has 1 aromatic rings. The third-order valence-electron chi connectivity index (χ3n) is 1.74. The Morgan fingerprint density at radius 3 is 2.31 bits per heavy atom. The number of ether oxygens (including phenoxy) is 1. The van der Waals surface area contributed by atoms with Gasteiger partial charge >= 0.3 is 0 Å². The maximum atomic E-state index is 8.79. The number of benzene rings is 1. The molecule has 1 rings (SSSR count). The van der Waals surface area contributed by atoms with Gasteiger partial charge in [0.1, 0.15) is 0 Å². The molecule has 0 spiro atoms. The van der Waals surface area contributed by atoms with Crippen molar-refractivity contribution in [2.75, 3.05) is 13.2 Å². The lowest BCUT2D eigenvalue weighted by atomic mass is 10.1. The average Bonchev–Trinajstić information content (AvgIpc) is 2.19. The van der Waals surface area contributed by atoms with E-state index < -0.39 is 0 Å². The maximum Gasteiger partial charge on any atom is 0.0717 e. The van der Waals surface area contributed by atoms with Gasteiger partial charge in [-0.05, 0) is 11.1 Å². The highest BCUT2D eigenvalue weighted by molar-refractivity contribution is 5.21. The van der Waals surface area contributed by atoms with Crippen LogP contribution in [0.5, 0.6) is 0 Å². The fourth-order valence-corrected chi connectivity index (χ4v) is 1.01. The molecular weight excluding hydrogens is 166 g/mol. The second-order valence-electron chi connectivity index (χ2n) is 2.82. The molecule has 0 aliphatic heterocycles. The fraction of sp³-hybridized carbons (Fsp3) is 0.400. The van der Waals surface area contributed by atoms with Gasteiger partial charge in [-0.3, -0.25) is 0 Å². The molecule has 72 valence electrons. The van der Waals surface area contributed by atoms with Crippen LogP contribution in [0, 0.1) is 0 Å². The zero-order valence-corrected chi connectivity index (χ0v) is 7.57. The van der Waals surface area contributed by atoms with Crippen LogP contribution >= 0.6 is 0 Å². The van der Waals surface area contributed by atoms with Crippen LogP contribution in [0.15, 0.2) is 24.3 Å². The van der Waals surface area contributed by atoms with Crippen LogP contribution in [0.25, 0.3) is 0 Å². The molecule has 0 fully saturated rings. The number of aliphatic hydroxyl groups excluding tert-OH is 1. The lowest BCUT2D eigenvalue weighted by Gasteiger charge is -2.03. The van der Waals surface area contributed by atoms with Gasteiger partial charge in [-0.2, -0.15) is 0 Å². The zero-order chi connectivity index (χ0) is 9.52. The number of hydrogen-bond donors (Lipinski definition) is 2. The third-order valence-corrected chi connectivity index (χ3v) is 1.74. The summed E-state index contributed by atoms with van der Waals surface area (Å²) in [7, 11) is 0. The summed E-state index contributed by atoms with van der Waals surface area (Å²) in [5.74, 6) is 0. The minimum Gasteiger partial charge on any atom is -0.392 e. The Hall–Kier alpha value is -0.900. The lowest BCUT2D eigenvalue weighted by molar-refractivity contribution is 0.128. The molecule has 3 nitrogen and oxygen atoms in total. The molecular formula is C10H15NO2. The molecule has 3 N–H and O–H groups in total. The molecule has 3 heteroatoms. The zero-order valence-electron chi connectivity index (χ0n) is 7.57. The van der Waals surface area contributed by atoms with Gasteiger partial charge < -0.3 is 15.6 Å². The third kappa shape index (κ3) is 3.55. The molecule has 0 unspecified atom stereocenters. The Morgan fingerprint density at radius 2 is 1.77 bits per heavy atom. The second kappa shape index (κ2) is 5.70. The van der Waals surface area contributed by atoms with E-state index in [2.05, 4.69) is 0 Å². The quantitative estimate of drug-likeness (QED) is 0.656. The van der Waals surface area contributed by atoms with Gasteiger partial charge in [-0.1, -0.05) is 24.3 Å². The van der Waals surface area contributed by atoms with Crippen molar-refractivity contribution in [2.24, 2.45) is 5.73 Å². The Labute approximate surface area is 78.1 Å². The summed E-state index contributed by atoms with van der Waals surface area (Å²) in [5, 5.41) is 8.79. The van der Waals surface area contributed by atoms with Crippen LogP contribution in [-0.4, -0.2) is 18.3 Å². The first kappa shape index (κ1) is 10.2. The topological polar surface area (TPSA) is 55.5 Å². The normalized spacial score (nSPS) is 10.3. The van der Waals surface area contributed by atoms with Crippen LogP contribution in [0.4, 0.5) is 0 Å². The smallest absolute Gasteiger partial charge is 0.0717 e. The van der Waals surface area contributed by atoms with E-state index in [0.29, 0.717) is 19.8 Å². The van der Waals surface area contributed by atoms with E-state index in [9.17, 15) is 0 Å². The highest BCUT2D eigenvalue weighted by Gasteiger charge is 1.93. The fourth-order valence-electron chi connectivity index (χ4n) is 1.01. The van der Waals surface area contributed by atoms with Gasteiger partial charge in [0.15, 0.2) is 0 Å². The Morgan fingerprint density at radius 1 is 1.15 bits per heavy atom. The Bertz CT molecular complexity index is 233. The van der Waals surface area contributed by atoms with Crippen molar-refractivity contribution in [3.63, 3.8) is 0 Å². The maximum absolute atomic E-state index is 8.79. The van der Waals surface area contributed by atoms with Crippen molar-refractivity contribution in [2.45, 2.75) is 13.2 Å². The molecule has 0 bridgehead atoms. The molecule has 0 aromatic heterocycles. The molecule has 0 amide bonds. The molecule has 0 heterocycles. The Balaban J connectivity index is 2.40. The van der Waals surface area contributed by atoms with E-state index in [0.717, 1.165) is 11.1 Å². The monoisotopic (exact) mass is 181 g/mol. The summed E-state index contributed by atoms with van der Waals surface area (Å²) in [4.78, 5) is 0. The van der Waals surface area contributed by atoms with Gasteiger partial charge in [0.25, 0.3) is 0 Å². The van der Waals surface area contributed by atoms with Crippen molar-refractivity contribution >= 4 is 0 Å². The van der Waals surface area contributed by atoms with E-state index in [1.165, 1.54) is 0 Å². The van der Waals surface area contributed by atoms with Gasteiger partial charge in [0.2, 0.25) is 0 Å². The number of aliphatic hydroxyl groups is 1. The van der Waals surface area contributed by atoms with Crippen LogP contribution < -0.4 is 5.73 Å². The second-order valence-corrected chi connectivity index (χ2v) is 2.82. The minimum absolute atomic E-state index is 0.0872. The van der Waals surface area contributed by atoms with E-state index in [4.69, 9.17) is 15.6 Å². The predicted molar refractivity (Wildman–Crippen MR) is 51.1 cm³/mol. The molecule has 0 aliphatic rings. The summed E-state index contributed by atoms with van der Waals surface area (Å²) in [6.07, 6.45) is 0. The minimum atomic E-state index is 0.0872. The van der Waals surface area contributed by atoms with Crippen molar-refractivity contribution in [3.8, 4) is 0 Å². The summed E-state index contributed by atoms with van der Waals surface area (Å²) >= 11 is 0. The molecule has 0 saturated carbocycles. The number of hydrogen-bond acceptors (Lipinski definition) is 3. The molecule has 1 aromatic carbocycles. The molecule has 0 saturated heterocycles. The first-order valence-electron chi connectivity index (χ1n) is 4.33. The van der Waals surface area contributed by atoms with E-state index >= 15 is 0 Å². The largest absolute Gasteiger partial charge is 0.392 e. The van der Waals surface area contributed by atoms with Crippen LogP contribution in [0.1, 0.15) is 11.1 Å². The highest BCUT2D eigenvalue weighted by Crippen LogP contribution is 2.05. The van der Waals surface area contributed by atoms with Gasteiger partial charge in [-0.25, -0.2) is 0 Å². The van der Waals surface area contributed by atoms with Crippen molar-refractivity contribution < 1.29 is 9.84 Å². The van der Waals surface area contributed by atoms with E-state index in [-0.39, 0.29) is 6.61 Å². The number of nitrogens with two attached hydrogens (primary N) is 1. The number of rotatable bonds is 5. The average molecular weight is 181 g/mol. The van der Waals surface area contributed by atoms with Crippen LogP contribution in [0.2, 0.25) is 0 Å².